The van der Waals surface area contributed by atoms with Gasteiger partial charge in [0.05, 0.1) is 0 Å². The van der Waals surface area contributed by atoms with Crippen LogP contribution in [0.15, 0.2) is 12.1 Å². The minimum absolute atomic E-state index is 0.401. The van der Waals surface area contributed by atoms with Crippen LogP contribution >= 0.6 is 0 Å². The molecule has 1 aromatic rings. The second-order valence-electron chi connectivity index (χ2n) is 8.51. The molecule has 2 aliphatic carbocycles. The molecule has 0 saturated heterocycles. The van der Waals surface area contributed by atoms with Crippen LogP contribution in [0.2, 0.25) is 0 Å². The van der Waals surface area contributed by atoms with E-state index < -0.39 is 11.6 Å². The summed E-state index contributed by atoms with van der Waals surface area (Å²) in [5.74, 6) is 2.24. The maximum Gasteiger partial charge on any atom is 0.162 e. The minimum Gasteiger partial charge on any atom is -0.203 e. The number of rotatable bonds is 4. The fourth-order valence-electron chi connectivity index (χ4n) is 4.94. The summed E-state index contributed by atoms with van der Waals surface area (Å²) >= 11 is 0. The molecule has 2 saturated carbocycles. The van der Waals surface area contributed by atoms with Crippen LogP contribution in [-0.4, -0.2) is 0 Å². The summed E-state index contributed by atoms with van der Waals surface area (Å²) in [5, 5.41) is 0. The van der Waals surface area contributed by atoms with Crippen LogP contribution in [0.4, 0.5) is 8.78 Å². The highest BCUT2D eigenvalue weighted by atomic mass is 19.2. The van der Waals surface area contributed by atoms with E-state index in [9.17, 15) is 8.78 Å². The number of benzene rings is 1. The molecule has 0 amide bonds. The quantitative estimate of drug-likeness (QED) is 0.565. The van der Waals surface area contributed by atoms with Crippen LogP contribution in [0.1, 0.15) is 75.8 Å². The Balaban J connectivity index is 1.45. The highest BCUT2D eigenvalue weighted by molar-refractivity contribution is 5.25. The van der Waals surface area contributed by atoms with Gasteiger partial charge in [0, 0.05) is 0 Å². The molecular weight excluding hydrogens is 302 g/mol. The second-order valence-corrected chi connectivity index (χ2v) is 8.51. The van der Waals surface area contributed by atoms with Crippen molar-refractivity contribution in [3.63, 3.8) is 0 Å². The Labute approximate surface area is 146 Å². The molecule has 0 nitrogen and oxygen atoms in total. The van der Waals surface area contributed by atoms with E-state index in [0.29, 0.717) is 23.5 Å². The third kappa shape index (κ3) is 4.18. The van der Waals surface area contributed by atoms with Gasteiger partial charge in [0.2, 0.25) is 0 Å². The molecule has 2 fully saturated rings. The first-order valence-corrected chi connectivity index (χ1v) is 9.98. The molecule has 0 atom stereocenters. The Morgan fingerprint density at radius 1 is 0.833 bits per heavy atom. The summed E-state index contributed by atoms with van der Waals surface area (Å²) < 4.78 is 27.6. The van der Waals surface area contributed by atoms with Crippen molar-refractivity contribution >= 4 is 0 Å². The normalized spacial score (nSPS) is 31.2. The van der Waals surface area contributed by atoms with Crippen molar-refractivity contribution in [1.29, 1.82) is 0 Å². The van der Waals surface area contributed by atoms with Gasteiger partial charge in [-0.1, -0.05) is 44.7 Å². The molecule has 0 unspecified atom stereocenters. The largest absolute Gasteiger partial charge is 0.203 e. The summed E-state index contributed by atoms with van der Waals surface area (Å²) in [7, 11) is 0. The lowest BCUT2D eigenvalue weighted by Crippen LogP contribution is -2.25. The topological polar surface area (TPSA) is 0 Å². The molecule has 0 spiro atoms. The molecule has 1 aromatic carbocycles. The van der Waals surface area contributed by atoms with E-state index in [2.05, 4.69) is 6.92 Å². The lowest BCUT2D eigenvalue weighted by molar-refractivity contribution is 0.147. The predicted molar refractivity (Wildman–Crippen MR) is 96.0 cm³/mol. The zero-order valence-electron chi connectivity index (χ0n) is 15.3. The molecule has 2 heteroatoms. The van der Waals surface area contributed by atoms with Gasteiger partial charge in [0.1, 0.15) is 0 Å². The second kappa shape index (κ2) is 7.97. The van der Waals surface area contributed by atoms with Crippen molar-refractivity contribution in [2.45, 2.75) is 78.1 Å². The van der Waals surface area contributed by atoms with E-state index in [4.69, 9.17) is 0 Å². The first-order chi connectivity index (χ1) is 11.5. The van der Waals surface area contributed by atoms with Gasteiger partial charge < -0.3 is 0 Å². The highest BCUT2D eigenvalue weighted by Crippen LogP contribution is 2.42. The van der Waals surface area contributed by atoms with Crippen LogP contribution in [0.5, 0.6) is 0 Å². The van der Waals surface area contributed by atoms with E-state index in [-0.39, 0.29) is 0 Å². The first kappa shape index (κ1) is 17.9. The molecule has 0 radical (unpaired) electrons. The molecule has 0 bridgehead atoms. The van der Waals surface area contributed by atoms with Gasteiger partial charge >= 0.3 is 0 Å². The Bertz CT molecular complexity index is 535. The van der Waals surface area contributed by atoms with Crippen LogP contribution in [-0.2, 0) is 6.42 Å². The monoisotopic (exact) mass is 334 g/mol. The van der Waals surface area contributed by atoms with Gasteiger partial charge in [-0.05, 0) is 80.2 Å². The summed E-state index contributed by atoms with van der Waals surface area (Å²) in [4.78, 5) is 0. The van der Waals surface area contributed by atoms with Gasteiger partial charge in [-0.3, -0.25) is 0 Å². The summed E-state index contributed by atoms with van der Waals surface area (Å²) in [5.41, 5.74) is 0.958. The van der Waals surface area contributed by atoms with Crippen molar-refractivity contribution in [3.8, 4) is 0 Å². The van der Waals surface area contributed by atoms with Gasteiger partial charge in [-0.15, -0.1) is 0 Å². The molecule has 3 rings (SSSR count). The van der Waals surface area contributed by atoms with Crippen molar-refractivity contribution in [2.24, 2.45) is 23.7 Å². The van der Waals surface area contributed by atoms with E-state index >= 15 is 0 Å². The molecule has 134 valence electrons. The van der Waals surface area contributed by atoms with Crippen molar-refractivity contribution < 1.29 is 8.78 Å². The molecule has 2 aliphatic rings. The van der Waals surface area contributed by atoms with Crippen LogP contribution < -0.4 is 0 Å². The average molecular weight is 334 g/mol. The lowest BCUT2D eigenvalue weighted by Gasteiger charge is -2.37. The molecule has 0 aliphatic heterocycles. The Morgan fingerprint density at radius 3 is 2.04 bits per heavy atom. The van der Waals surface area contributed by atoms with Gasteiger partial charge in [-0.25, -0.2) is 8.78 Å². The zero-order valence-corrected chi connectivity index (χ0v) is 15.3. The number of aryl methyl sites for hydroxylation is 2. The first-order valence-electron chi connectivity index (χ1n) is 9.98. The fraction of sp³-hybridized carbons (Fsp3) is 0.727. The van der Waals surface area contributed by atoms with E-state index in [1.165, 1.54) is 51.4 Å². The third-order valence-electron chi connectivity index (χ3n) is 6.80. The molecule has 0 aromatic heterocycles. The van der Waals surface area contributed by atoms with Gasteiger partial charge in [0.25, 0.3) is 0 Å². The third-order valence-corrected chi connectivity index (χ3v) is 6.80. The molecule has 0 N–H and O–H groups in total. The zero-order chi connectivity index (χ0) is 17.1. The van der Waals surface area contributed by atoms with Crippen molar-refractivity contribution in [2.75, 3.05) is 0 Å². The van der Waals surface area contributed by atoms with Crippen LogP contribution in [0, 0.1) is 42.2 Å². The average Bonchev–Trinajstić information content (AvgIpc) is 2.60. The molecule has 0 heterocycles. The Morgan fingerprint density at radius 2 is 1.42 bits per heavy atom. The lowest BCUT2D eigenvalue weighted by atomic mass is 9.69. The van der Waals surface area contributed by atoms with Crippen LogP contribution in [0.3, 0.4) is 0 Å². The smallest absolute Gasteiger partial charge is 0.162 e. The predicted octanol–water partition coefficient (Wildman–Crippen LogP) is 6.84. The van der Waals surface area contributed by atoms with E-state index in [1.54, 1.807) is 19.1 Å². The fourth-order valence-corrected chi connectivity index (χ4v) is 4.94. The summed E-state index contributed by atoms with van der Waals surface area (Å²) in [6.07, 6.45) is 12.7. The number of hydrogen-bond acceptors (Lipinski definition) is 0. The standard InChI is InChI=1S/C22H32F2/c1-15-3-9-18(10-4-15)19-12-6-17(7-13-19)8-14-20-11-5-16(2)21(23)22(20)24/h5,11,15,17-19H,3-4,6-10,12-14H2,1-2H3. The van der Waals surface area contributed by atoms with E-state index in [0.717, 1.165) is 24.2 Å². The number of hydrogen-bond donors (Lipinski definition) is 0. The van der Waals surface area contributed by atoms with Gasteiger partial charge in [0.15, 0.2) is 11.6 Å². The molecule has 24 heavy (non-hydrogen) atoms. The highest BCUT2D eigenvalue weighted by Gasteiger charge is 2.29. The SMILES string of the molecule is Cc1ccc(CCC2CCC(C3CCC(C)CC3)CC2)c(F)c1F. The molecular formula is C22H32F2. The minimum atomic E-state index is -0.664. The number of halogens is 2. The maximum absolute atomic E-state index is 14.0. The van der Waals surface area contributed by atoms with Crippen LogP contribution in [0.25, 0.3) is 0 Å². The van der Waals surface area contributed by atoms with E-state index in [1.807, 2.05) is 0 Å². The Hall–Kier alpha value is -0.920. The van der Waals surface area contributed by atoms with Crippen molar-refractivity contribution in [1.82, 2.24) is 0 Å². The van der Waals surface area contributed by atoms with Gasteiger partial charge in [-0.2, -0.15) is 0 Å². The summed E-state index contributed by atoms with van der Waals surface area (Å²) in [6.45, 7) is 4.01. The van der Waals surface area contributed by atoms with Crippen molar-refractivity contribution in [3.05, 3.63) is 34.9 Å². The summed E-state index contributed by atoms with van der Waals surface area (Å²) in [6, 6.07) is 3.47. The maximum atomic E-state index is 14.0. The Kier molecular flexibility index (Phi) is 5.94.